The number of carbonyl (C=O) groups is 2. The minimum Gasteiger partial charge on any atom is -0.369 e. The van der Waals surface area contributed by atoms with Crippen LogP contribution in [-0.4, -0.2) is 35.4 Å². The van der Waals surface area contributed by atoms with Crippen molar-refractivity contribution in [3.8, 4) is 0 Å². The molecular formula is C15H19N5O2. The van der Waals surface area contributed by atoms with Gasteiger partial charge in [0.2, 0.25) is 5.96 Å². The van der Waals surface area contributed by atoms with Crippen molar-refractivity contribution in [2.75, 3.05) is 6.54 Å². The van der Waals surface area contributed by atoms with Crippen LogP contribution >= 0.6 is 0 Å². The monoisotopic (exact) mass is 301 g/mol. The molecule has 4 N–H and O–H groups in total. The van der Waals surface area contributed by atoms with E-state index in [1.165, 1.54) is 11.1 Å². The highest BCUT2D eigenvalue weighted by atomic mass is 16.2. The average Bonchev–Trinajstić information content (AvgIpc) is 2.68. The molecule has 0 spiro atoms. The SMILES string of the molecule is CC(C)CCN1C(=O)c2ccc(C=NN=C(N)N)cc2C1=O. The smallest absolute Gasteiger partial charge is 0.261 e. The molecule has 0 aliphatic carbocycles. The predicted octanol–water partition coefficient (Wildman–Crippen LogP) is 0.936. The minimum absolute atomic E-state index is 0.150. The molecule has 0 saturated heterocycles. The lowest BCUT2D eigenvalue weighted by molar-refractivity contribution is 0.0648. The zero-order valence-corrected chi connectivity index (χ0v) is 12.6. The van der Waals surface area contributed by atoms with Gasteiger partial charge in [0.05, 0.1) is 17.3 Å². The number of guanidine groups is 1. The molecule has 1 aliphatic heterocycles. The summed E-state index contributed by atoms with van der Waals surface area (Å²) in [5, 5.41) is 7.18. The quantitative estimate of drug-likeness (QED) is 0.364. The van der Waals surface area contributed by atoms with E-state index in [1.54, 1.807) is 18.2 Å². The van der Waals surface area contributed by atoms with Crippen molar-refractivity contribution in [3.05, 3.63) is 34.9 Å². The lowest BCUT2D eigenvalue weighted by atomic mass is 10.1. The topological polar surface area (TPSA) is 114 Å². The van der Waals surface area contributed by atoms with E-state index < -0.39 is 0 Å². The normalized spacial score (nSPS) is 14.0. The number of nitrogens with zero attached hydrogens (tertiary/aromatic N) is 3. The van der Waals surface area contributed by atoms with Gasteiger partial charge in [0.1, 0.15) is 0 Å². The van der Waals surface area contributed by atoms with E-state index in [0.29, 0.717) is 29.2 Å². The number of imide groups is 1. The Morgan fingerprint density at radius 1 is 1.23 bits per heavy atom. The van der Waals surface area contributed by atoms with Crippen LogP contribution in [-0.2, 0) is 0 Å². The van der Waals surface area contributed by atoms with Crippen LogP contribution in [0, 0.1) is 5.92 Å². The number of hydrogen-bond acceptors (Lipinski definition) is 4. The van der Waals surface area contributed by atoms with Crippen LogP contribution in [0.15, 0.2) is 28.4 Å². The summed E-state index contributed by atoms with van der Waals surface area (Å²) in [5.41, 5.74) is 11.8. The molecule has 22 heavy (non-hydrogen) atoms. The van der Waals surface area contributed by atoms with Crippen molar-refractivity contribution >= 4 is 24.0 Å². The first-order valence-electron chi connectivity index (χ1n) is 7.02. The van der Waals surface area contributed by atoms with Crippen LogP contribution in [0.3, 0.4) is 0 Å². The second-order valence-corrected chi connectivity index (χ2v) is 5.52. The van der Waals surface area contributed by atoms with Crippen molar-refractivity contribution in [1.29, 1.82) is 0 Å². The lowest BCUT2D eigenvalue weighted by Gasteiger charge is -2.14. The van der Waals surface area contributed by atoms with E-state index in [1.807, 2.05) is 0 Å². The van der Waals surface area contributed by atoms with Crippen molar-refractivity contribution in [2.45, 2.75) is 20.3 Å². The molecule has 2 rings (SSSR count). The van der Waals surface area contributed by atoms with Crippen LogP contribution in [0.5, 0.6) is 0 Å². The first kappa shape index (κ1) is 15.7. The summed E-state index contributed by atoms with van der Waals surface area (Å²) in [4.78, 5) is 25.9. The molecule has 1 aromatic carbocycles. The predicted molar refractivity (Wildman–Crippen MR) is 84.7 cm³/mol. The van der Waals surface area contributed by atoms with Crippen molar-refractivity contribution in [2.24, 2.45) is 27.6 Å². The summed E-state index contributed by atoms with van der Waals surface area (Å²) in [5.74, 6) is -0.235. The number of nitrogens with two attached hydrogens (primary N) is 2. The molecule has 116 valence electrons. The van der Waals surface area contributed by atoms with Gasteiger partial charge < -0.3 is 11.5 Å². The minimum atomic E-state index is -0.266. The highest BCUT2D eigenvalue weighted by molar-refractivity contribution is 6.21. The summed E-state index contributed by atoms with van der Waals surface area (Å²) < 4.78 is 0. The number of fused-ring (bicyclic) bond motifs is 1. The maximum atomic E-state index is 12.3. The molecule has 0 bridgehead atoms. The molecule has 0 unspecified atom stereocenters. The molecule has 1 heterocycles. The lowest BCUT2D eigenvalue weighted by Crippen LogP contribution is -2.31. The molecule has 0 atom stereocenters. The number of rotatable bonds is 5. The van der Waals surface area contributed by atoms with Gasteiger partial charge in [0.25, 0.3) is 11.8 Å². The first-order valence-corrected chi connectivity index (χ1v) is 7.02. The molecule has 0 saturated carbocycles. The van der Waals surface area contributed by atoms with E-state index in [9.17, 15) is 9.59 Å². The van der Waals surface area contributed by atoms with Crippen LogP contribution in [0.2, 0.25) is 0 Å². The van der Waals surface area contributed by atoms with Crippen LogP contribution in [0.4, 0.5) is 0 Å². The first-order chi connectivity index (χ1) is 10.4. The Balaban J connectivity index is 2.22. The highest BCUT2D eigenvalue weighted by Gasteiger charge is 2.35. The van der Waals surface area contributed by atoms with Crippen molar-refractivity contribution < 1.29 is 9.59 Å². The zero-order valence-electron chi connectivity index (χ0n) is 12.6. The van der Waals surface area contributed by atoms with Gasteiger partial charge in [-0.05, 0) is 30.0 Å². The van der Waals surface area contributed by atoms with Crippen molar-refractivity contribution in [3.63, 3.8) is 0 Å². The Morgan fingerprint density at radius 2 is 1.91 bits per heavy atom. The summed E-state index contributed by atoms with van der Waals surface area (Å²) in [6.07, 6.45) is 2.21. The molecule has 1 aliphatic rings. The van der Waals surface area contributed by atoms with Gasteiger partial charge in [-0.2, -0.15) is 5.10 Å². The average molecular weight is 301 g/mol. The largest absolute Gasteiger partial charge is 0.369 e. The van der Waals surface area contributed by atoms with E-state index >= 15 is 0 Å². The summed E-state index contributed by atoms with van der Waals surface area (Å²) in [6.45, 7) is 4.54. The summed E-state index contributed by atoms with van der Waals surface area (Å²) in [7, 11) is 0. The molecule has 1 aromatic rings. The molecular weight excluding hydrogens is 282 g/mol. The van der Waals surface area contributed by atoms with Gasteiger partial charge in [0.15, 0.2) is 0 Å². The fourth-order valence-electron chi connectivity index (χ4n) is 2.14. The van der Waals surface area contributed by atoms with Crippen molar-refractivity contribution in [1.82, 2.24) is 4.90 Å². The zero-order chi connectivity index (χ0) is 16.3. The van der Waals surface area contributed by atoms with Crippen LogP contribution in [0.1, 0.15) is 46.5 Å². The van der Waals surface area contributed by atoms with Gasteiger partial charge in [-0.15, -0.1) is 5.10 Å². The highest BCUT2D eigenvalue weighted by Crippen LogP contribution is 2.24. The molecule has 2 amide bonds. The third-order valence-electron chi connectivity index (χ3n) is 3.30. The van der Waals surface area contributed by atoms with E-state index in [4.69, 9.17) is 11.5 Å². The molecule has 0 aromatic heterocycles. The fraction of sp³-hybridized carbons (Fsp3) is 0.333. The molecule has 0 radical (unpaired) electrons. The van der Waals surface area contributed by atoms with E-state index in [2.05, 4.69) is 24.1 Å². The van der Waals surface area contributed by atoms with Crippen LogP contribution < -0.4 is 11.5 Å². The third-order valence-corrected chi connectivity index (χ3v) is 3.30. The maximum Gasteiger partial charge on any atom is 0.261 e. The number of amides is 2. The second-order valence-electron chi connectivity index (χ2n) is 5.52. The number of carbonyl (C=O) groups excluding carboxylic acids is 2. The molecule has 0 fully saturated rings. The maximum absolute atomic E-state index is 12.3. The van der Waals surface area contributed by atoms with E-state index in [-0.39, 0.29) is 17.8 Å². The van der Waals surface area contributed by atoms with Gasteiger partial charge in [-0.1, -0.05) is 19.9 Å². The van der Waals surface area contributed by atoms with E-state index in [0.717, 1.165) is 6.42 Å². The van der Waals surface area contributed by atoms with Gasteiger partial charge in [-0.25, -0.2) is 0 Å². The van der Waals surface area contributed by atoms with Gasteiger partial charge >= 0.3 is 0 Å². The molecule has 7 nitrogen and oxygen atoms in total. The van der Waals surface area contributed by atoms with Gasteiger partial charge in [0, 0.05) is 6.54 Å². The standard InChI is InChI=1S/C15H19N5O2/c1-9(2)5-6-20-13(21)11-4-3-10(7-12(11)14(20)22)8-18-19-15(16)17/h3-4,7-9H,5-6H2,1-2H3,(H4,16,17,19). The Labute approximate surface area is 128 Å². The number of benzene rings is 1. The molecule has 7 heteroatoms. The summed E-state index contributed by atoms with van der Waals surface area (Å²) in [6, 6.07) is 4.94. The Kier molecular flexibility index (Phi) is 4.55. The van der Waals surface area contributed by atoms with Gasteiger partial charge in [-0.3, -0.25) is 14.5 Å². The fourth-order valence-corrected chi connectivity index (χ4v) is 2.14. The number of hydrogen-bond donors (Lipinski definition) is 2. The Bertz CT molecular complexity index is 660. The van der Waals surface area contributed by atoms with Crippen LogP contribution in [0.25, 0.3) is 0 Å². The second kappa shape index (κ2) is 6.38. The third kappa shape index (κ3) is 3.30. The Hall–Kier alpha value is -2.70. The Morgan fingerprint density at radius 3 is 2.55 bits per heavy atom. The summed E-state index contributed by atoms with van der Waals surface area (Å²) >= 11 is 0.